The molecule has 0 aliphatic heterocycles. The van der Waals surface area contributed by atoms with Gasteiger partial charge in [-0.25, -0.2) is 9.97 Å². The Hall–Kier alpha value is -1.98. The minimum Gasteiger partial charge on any atom is -0.220 e. The van der Waals surface area contributed by atoms with Gasteiger partial charge >= 0.3 is 0 Å². The van der Waals surface area contributed by atoms with Gasteiger partial charge in [0.15, 0.2) is 5.65 Å². The van der Waals surface area contributed by atoms with Crippen molar-refractivity contribution in [2.75, 3.05) is 0 Å². The summed E-state index contributed by atoms with van der Waals surface area (Å²) in [5.41, 5.74) is 3.10. The highest BCUT2D eigenvalue weighted by molar-refractivity contribution is 7.17. The number of aromatic nitrogens is 4. The quantitative estimate of drug-likeness (QED) is 0.530. The highest BCUT2D eigenvalue weighted by atomic mass is 35.5. The Balaban J connectivity index is 2.13. The normalized spacial score (nSPS) is 11.4. The summed E-state index contributed by atoms with van der Waals surface area (Å²) in [7, 11) is 0. The van der Waals surface area contributed by atoms with Crippen LogP contribution in [0.5, 0.6) is 0 Å². The molecule has 20 heavy (non-hydrogen) atoms. The van der Waals surface area contributed by atoms with Gasteiger partial charge in [0, 0.05) is 10.9 Å². The van der Waals surface area contributed by atoms with Crippen LogP contribution in [0.1, 0.15) is 5.82 Å². The van der Waals surface area contributed by atoms with Crippen molar-refractivity contribution < 1.29 is 0 Å². The molecule has 0 bridgehead atoms. The van der Waals surface area contributed by atoms with Crippen molar-refractivity contribution in [2.24, 2.45) is 0 Å². The maximum atomic E-state index is 5.94. The van der Waals surface area contributed by atoms with Crippen LogP contribution in [0.4, 0.5) is 0 Å². The van der Waals surface area contributed by atoms with Crippen molar-refractivity contribution in [1.82, 2.24) is 19.6 Å². The number of halogens is 1. The van der Waals surface area contributed by atoms with E-state index in [9.17, 15) is 0 Å². The number of hydrogen-bond donors (Lipinski definition) is 0. The molecule has 1 aromatic carbocycles. The highest BCUT2D eigenvalue weighted by Crippen LogP contribution is 2.35. The Kier molecular flexibility index (Phi) is 2.68. The van der Waals surface area contributed by atoms with Crippen LogP contribution >= 0.6 is 22.9 Å². The first-order chi connectivity index (χ1) is 9.88. The van der Waals surface area contributed by atoms with Gasteiger partial charge in [0.2, 0.25) is 0 Å². The van der Waals surface area contributed by atoms with Crippen LogP contribution in [-0.2, 0) is 5.88 Å². The van der Waals surface area contributed by atoms with Gasteiger partial charge < -0.3 is 0 Å². The van der Waals surface area contributed by atoms with E-state index in [0.29, 0.717) is 11.7 Å². The molecule has 0 fully saturated rings. The molecule has 4 rings (SSSR count). The predicted molar refractivity (Wildman–Crippen MR) is 81.2 cm³/mol. The molecule has 0 amide bonds. The van der Waals surface area contributed by atoms with E-state index in [-0.39, 0.29) is 0 Å². The Morgan fingerprint density at radius 2 is 2.05 bits per heavy atom. The maximum Gasteiger partial charge on any atom is 0.168 e. The molecular weight excluding hydrogens is 292 g/mol. The van der Waals surface area contributed by atoms with Crippen LogP contribution in [0.25, 0.3) is 27.0 Å². The zero-order valence-corrected chi connectivity index (χ0v) is 11.9. The molecule has 0 radical (unpaired) electrons. The molecule has 0 N–H and O–H groups in total. The van der Waals surface area contributed by atoms with Gasteiger partial charge in [0.1, 0.15) is 17.0 Å². The second-order valence-corrected chi connectivity index (χ2v) is 5.48. The lowest BCUT2D eigenvalue weighted by Crippen LogP contribution is -2.00. The third-order valence-corrected chi connectivity index (χ3v) is 4.33. The molecule has 0 saturated heterocycles. The SMILES string of the molecule is ClCc1nc2scc(-c3ccccc3)c2c2ncnn12. The molecule has 0 atom stereocenters. The Labute approximate surface area is 123 Å². The van der Waals surface area contributed by atoms with Crippen LogP contribution in [0.2, 0.25) is 0 Å². The molecule has 0 spiro atoms. The second kappa shape index (κ2) is 4.54. The van der Waals surface area contributed by atoms with Crippen molar-refractivity contribution in [1.29, 1.82) is 0 Å². The summed E-state index contributed by atoms with van der Waals surface area (Å²) in [6.07, 6.45) is 1.54. The molecule has 4 nitrogen and oxygen atoms in total. The average Bonchev–Trinajstić information content (AvgIpc) is 3.13. The fourth-order valence-corrected chi connectivity index (χ4v) is 3.46. The molecule has 98 valence electrons. The second-order valence-electron chi connectivity index (χ2n) is 4.35. The van der Waals surface area contributed by atoms with Gasteiger partial charge in [-0.2, -0.15) is 9.61 Å². The van der Waals surface area contributed by atoms with Crippen molar-refractivity contribution in [3.05, 3.63) is 47.9 Å². The van der Waals surface area contributed by atoms with Crippen molar-refractivity contribution in [2.45, 2.75) is 5.88 Å². The van der Waals surface area contributed by atoms with Crippen molar-refractivity contribution in [3.8, 4) is 11.1 Å². The van der Waals surface area contributed by atoms with E-state index >= 15 is 0 Å². The number of benzene rings is 1. The van der Waals surface area contributed by atoms with E-state index in [1.54, 1.807) is 22.2 Å². The van der Waals surface area contributed by atoms with Gasteiger partial charge in [-0.3, -0.25) is 0 Å². The summed E-state index contributed by atoms with van der Waals surface area (Å²) in [4.78, 5) is 9.91. The van der Waals surface area contributed by atoms with Gasteiger partial charge in [-0.1, -0.05) is 30.3 Å². The predicted octanol–water partition coefficient (Wildman–Crippen LogP) is 3.74. The van der Waals surface area contributed by atoms with Crippen LogP contribution in [0.3, 0.4) is 0 Å². The molecule has 6 heteroatoms. The van der Waals surface area contributed by atoms with Crippen LogP contribution in [0, 0.1) is 0 Å². The van der Waals surface area contributed by atoms with E-state index in [1.165, 1.54) is 0 Å². The lowest BCUT2D eigenvalue weighted by atomic mass is 10.1. The molecular formula is C14H9ClN4S. The van der Waals surface area contributed by atoms with Crippen molar-refractivity contribution >= 4 is 38.8 Å². The summed E-state index contributed by atoms with van der Waals surface area (Å²) in [5, 5.41) is 7.36. The summed E-state index contributed by atoms with van der Waals surface area (Å²) < 4.78 is 1.72. The maximum absolute atomic E-state index is 5.94. The number of alkyl halides is 1. The summed E-state index contributed by atoms with van der Waals surface area (Å²) in [6, 6.07) is 10.2. The molecule has 0 unspecified atom stereocenters. The smallest absolute Gasteiger partial charge is 0.168 e. The van der Waals surface area contributed by atoms with Crippen LogP contribution in [0.15, 0.2) is 42.0 Å². The third-order valence-electron chi connectivity index (χ3n) is 3.22. The zero-order chi connectivity index (χ0) is 13.5. The lowest BCUT2D eigenvalue weighted by molar-refractivity contribution is 0.867. The van der Waals surface area contributed by atoms with Crippen molar-refractivity contribution in [3.63, 3.8) is 0 Å². The summed E-state index contributed by atoms with van der Waals surface area (Å²) in [5.74, 6) is 1.03. The average molecular weight is 301 g/mol. The number of fused-ring (bicyclic) bond motifs is 3. The standard InChI is InChI=1S/C14H9ClN4S/c15-6-11-18-14-12(13-16-8-17-19(11)13)10(7-20-14)9-4-2-1-3-5-9/h1-5,7-8H,6H2. The Morgan fingerprint density at radius 1 is 1.20 bits per heavy atom. The van der Waals surface area contributed by atoms with E-state index < -0.39 is 0 Å². The largest absolute Gasteiger partial charge is 0.220 e. The number of rotatable bonds is 2. The first kappa shape index (κ1) is 11.8. The first-order valence-electron chi connectivity index (χ1n) is 6.09. The van der Waals surface area contributed by atoms with Gasteiger partial charge in [0.25, 0.3) is 0 Å². The van der Waals surface area contributed by atoms with E-state index in [2.05, 4.69) is 32.6 Å². The van der Waals surface area contributed by atoms with E-state index in [4.69, 9.17) is 11.6 Å². The van der Waals surface area contributed by atoms with E-state index in [0.717, 1.165) is 27.0 Å². The van der Waals surface area contributed by atoms with E-state index in [1.807, 2.05) is 18.2 Å². The fraction of sp³-hybridized carbons (Fsp3) is 0.0714. The monoisotopic (exact) mass is 300 g/mol. The Bertz CT molecular complexity index is 897. The van der Waals surface area contributed by atoms with Gasteiger partial charge in [-0.15, -0.1) is 22.9 Å². The number of thiophene rings is 1. The van der Waals surface area contributed by atoms with Gasteiger partial charge in [0.05, 0.1) is 11.3 Å². The lowest BCUT2D eigenvalue weighted by Gasteiger charge is -2.03. The van der Waals surface area contributed by atoms with Crippen LogP contribution < -0.4 is 0 Å². The summed E-state index contributed by atoms with van der Waals surface area (Å²) >= 11 is 7.55. The molecule has 0 aliphatic carbocycles. The van der Waals surface area contributed by atoms with Crippen LogP contribution in [-0.4, -0.2) is 19.6 Å². The first-order valence-corrected chi connectivity index (χ1v) is 7.51. The number of nitrogens with zero attached hydrogens (tertiary/aromatic N) is 4. The third kappa shape index (κ3) is 1.63. The Morgan fingerprint density at radius 3 is 2.85 bits per heavy atom. The minimum atomic E-state index is 0.314. The molecule has 3 heterocycles. The zero-order valence-electron chi connectivity index (χ0n) is 10.3. The molecule has 0 saturated carbocycles. The minimum absolute atomic E-state index is 0.314. The fourth-order valence-electron chi connectivity index (χ4n) is 2.33. The molecule has 3 aromatic heterocycles. The molecule has 0 aliphatic rings. The summed E-state index contributed by atoms with van der Waals surface area (Å²) in [6.45, 7) is 0. The highest BCUT2D eigenvalue weighted by Gasteiger charge is 2.15. The topological polar surface area (TPSA) is 43.1 Å². The number of hydrogen-bond acceptors (Lipinski definition) is 4. The molecule has 4 aromatic rings. The van der Waals surface area contributed by atoms with Gasteiger partial charge in [-0.05, 0) is 5.56 Å².